The minimum absolute atomic E-state index is 0.000890. The number of hydrogen-bond donors (Lipinski definition) is 1. The molecule has 0 fully saturated rings. The summed E-state index contributed by atoms with van der Waals surface area (Å²) in [5.74, 6) is -3.93. The number of rotatable bonds is 6. The first-order valence-electron chi connectivity index (χ1n) is 8.67. The second kappa shape index (κ2) is 7.59. The van der Waals surface area contributed by atoms with Crippen molar-refractivity contribution in [1.29, 1.82) is 0 Å². The summed E-state index contributed by atoms with van der Waals surface area (Å²) in [7, 11) is 1.16. The Morgan fingerprint density at radius 3 is 2.50 bits per heavy atom. The van der Waals surface area contributed by atoms with E-state index in [1.54, 1.807) is 0 Å². The Labute approximate surface area is 165 Å². The maximum Gasteiger partial charge on any atom is 0.347 e. The molecule has 3 rings (SSSR count). The van der Waals surface area contributed by atoms with Crippen LogP contribution >= 0.6 is 11.6 Å². The number of carbonyl (C=O) groups excluding carboxylic acids is 3. The molecule has 146 valence electrons. The molecule has 2 aromatic carbocycles. The Morgan fingerprint density at radius 2 is 1.89 bits per heavy atom. The van der Waals surface area contributed by atoms with Gasteiger partial charge in [-0.25, -0.2) is 19.2 Å². The highest BCUT2D eigenvalue weighted by molar-refractivity contribution is 6.28. The highest BCUT2D eigenvalue weighted by Crippen LogP contribution is 2.40. The largest absolute Gasteiger partial charge is 0.478 e. The summed E-state index contributed by atoms with van der Waals surface area (Å²) in [4.78, 5) is 49.0. The summed E-state index contributed by atoms with van der Waals surface area (Å²) in [6.45, 7) is 1.98. The van der Waals surface area contributed by atoms with Crippen LogP contribution in [0.5, 0.6) is 0 Å². The van der Waals surface area contributed by atoms with Gasteiger partial charge in [-0.1, -0.05) is 19.8 Å². The fourth-order valence-corrected chi connectivity index (χ4v) is 3.73. The van der Waals surface area contributed by atoms with Gasteiger partial charge in [-0.15, -0.1) is 11.6 Å². The molecule has 1 heterocycles. The summed E-state index contributed by atoms with van der Waals surface area (Å²) in [6.07, 6.45) is 2.16. The number of esters is 3. The van der Waals surface area contributed by atoms with Crippen LogP contribution in [0.2, 0.25) is 0 Å². The van der Waals surface area contributed by atoms with Gasteiger partial charge in [0.05, 0.1) is 34.7 Å². The average molecular weight is 405 g/mol. The lowest BCUT2D eigenvalue weighted by atomic mass is 9.86. The van der Waals surface area contributed by atoms with Crippen molar-refractivity contribution in [3.63, 3.8) is 0 Å². The number of cyclic esters (lactones) is 2. The lowest BCUT2D eigenvalue weighted by molar-refractivity contribution is 0.0388. The first-order chi connectivity index (χ1) is 13.3. The standard InChI is InChI=1S/C20H17ClO7/c1-3-4-5-13(21)11-8-12(18(24)27-2)14-9(17(22)23)6-7-10-15(14)16(11)20(26)28-19(10)25/h6-8,13H,3-5H2,1-2H3,(H,22,23). The first-order valence-corrected chi connectivity index (χ1v) is 9.11. The van der Waals surface area contributed by atoms with Crippen LogP contribution in [0, 0.1) is 0 Å². The van der Waals surface area contributed by atoms with E-state index in [1.165, 1.54) is 18.2 Å². The van der Waals surface area contributed by atoms with Crippen molar-refractivity contribution < 1.29 is 33.8 Å². The van der Waals surface area contributed by atoms with Gasteiger partial charge in [0.1, 0.15) is 0 Å². The zero-order valence-electron chi connectivity index (χ0n) is 15.2. The number of hydrogen-bond acceptors (Lipinski definition) is 6. The lowest BCUT2D eigenvalue weighted by Crippen LogP contribution is -2.24. The number of carbonyl (C=O) groups is 4. The van der Waals surface area contributed by atoms with E-state index in [-0.39, 0.29) is 33.0 Å². The van der Waals surface area contributed by atoms with Crippen molar-refractivity contribution in [2.45, 2.75) is 31.6 Å². The van der Waals surface area contributed by atoms with E-state index in [9.17, 15) is 24.3 Å². The summed E-state index contributed by atoms with van der Waals surface area (Å²) >= 11 is 6.51. The molecule has 0 aliphatic carbocycles. The van der Waals surface area contributed by atoms with E-state index in [0.717, 1.165) is 20.0 Å². The Hall–Kier alpha value is -2.93. The second-order valence-electron chi connectivity index (χ2n) is 6.38. The minimum Gasteiger partial charge on any atom is -0.478 e. The minimum atomic E-state index is -1.31. The van der Waals surface area contributed by atoms with Crippen LogP contribution in [0.4, 0.5) is 0 Å². The van der Waals surface area contributed by atoms with Crippen molar-refractivity contribution in [1.82, 2.24) is 0 Å². The second-order valence-corrected chi connectivity index (χ2v) is 6.91. The predicted molar refractivity (Wildman–Crippen MR) is 100 cm³/mol. The van der Waals surface area contributed by atoms with E-state index in [1.807, 2.05) is 6.92 Å². The molecule has 1 atom stereocenters. The molecule has 0 aromatic heterocycles. The maximum atomic E-state index is 12.5. The van der Waals surface area contributed by atoms with Gasteiger partial charge in [-0.05, 0) is 30.2 Å². The molecule has 0 bridgehead atoms. The van der Waals surface area contributed by atoms with Crippen LogP contribution in [0.25, 0.3) is 10.8 Å². The van der Waals surface area contributed by atoms with E-state index >= 15 is 0 Å². The third-order valence-electron chi connectivity index (χ3n) is 4.71. The third kappa shape index (κ3) is 3.11. The molecule has 0 saturated carbocycles. The SMILES string of the molecule is CCCCC(Cl)c1cc(C(=O)OC)c2c(C(=O)O)ccc3c2c1C(=O)OC3=O. The lowest BCUT2D eigenvalue weighted by Gasteiger charge is -2.23. The Morgan fingerprint density at radius 1 is 1.18 bits per heavy atom. The van der Waals surface area contributed by atoms with Gasteiger partial charge in [0, 0.05) is 10.8 Å². The molecule has 0 saturated heterocycles. The van der Waals surface area contributed by atoms with Crippen molar-refractivity contribution in [3.8, 4) is 0 Å². The predicted octanol–water partition coefficient (Wildman–Crippen LogP) is 4.11. The summed E-state index contributed by atoms with van der Waals surface area (Å²) in [5.41, 5.74) is 0.0241. The van der Waals surface area contributed by atoms with Gasteiger partial charge < -0.3 is 14.6 Å². The molecule has 0 radical (unpaired) electrons. The van der Waals surface area contributed by atoms with Crippen LogP contribution < -0.4 is 0 Å². The molecule has 1 N–H and O–H groups in total. The molecule has 0 amide bonds. The van der Waals surface area contributed by atoms with E-state index in [0.29, 0.717) is 12.0 Å². The molecule has 2 aromatic rings. The Bertz CT molecular complexity index is 1030. The first kappa shape index (κ1) is 19.8. The van der Waals surface area contributed by atoms with Crippen LogP contribution in [0.3, 0.4) is 0 Å². The fraction of sp³-hybridized carbons (Fsp3) is 0.300. The molecule has 1 unspecified atom stereocenters. The van der Waals surface area contributed by atoms with Crippen LogP contribution in [0.1, 0.15) is 78.6 Å². The number of carboxylic acids is 1. The van der Waals surface area contributed by atoms with Crippen LogP contribution in [-0.2, 0) is 9.47 Å². The quantitative estimate of drug-likeness (QED) is 0.438. The number of halogens is 1. The summed E-state index contributed by atoms with van der Waals surface area (Å²) < 4.78 is 9.63. The third-order valence-corrected chi connectivity index (χ3v) is 5.16. The van der Waals surface area contributed by atoms with Gasteiger partial charge in [0.25, 0.3) is 0 Å². The molecule has 1 aliphatic heterocycles. The van der Waals surface area contributed by atoms with Crippen molar-refractivity contribution in [3.05, 3.63) is 46.0 Å². The average Bonchev–Trinajstić information content (AvgIpc) is 2.68. The van der Waals surface area contributed by atoms with E-state index in [2.05, 4.69) is 0 Å². The van der Waals surface area contributed by atoms with Crippen molar-refractivity contribution >= 4 is 46.3 Å². The van der Waals surface area contributed by atoms with E-state index < -0.39 is 29.3 Å². The number of unbranched alkanes of at least 4 members (excludes halogenated alkanes) is 1. The smallest absolute Gasteiger partial charge is 0.347 e. The number of ether oxygens (including phenoxy) is 2. The molecule has 1 aliphatic rings. The van der Waals surface area contributed by atoms with Crippen LogP contribution in [0.15, 0.2) is 18.2 Å². The summed E-state index contributed by atoms with van der Waals surface area (Å²) in [5, 5.41) is 8.96. The van der Waals surface area contributed by atoms with Crippen molar-refractivity contribution in [2.24, 2.45) is 0 Å². The van der Waals surface area contributed by atoms with Gasteiger partial charge in [-0.2, -0.15) is 0 Å². The number of aromatic carboxylic acids is 1. The monoisotopic (exact) mass is 404 g/mol. The molecule has 7 nitrogen and oxygen atoms in total. The topological polar surface area (TPSA) is 107 Å². The van der Waals surface area contributed by atoms with E-state index in [4.69, 9.17) is 21.1 Å². The zero-order chi connectivity index (χ0) is 20.6. The van der Waals surface area contributed by atoms with Crippen molar-refractivity contribution in [2.75, 3.05) is 7.11 Å². The Kier molecular flexibility index (Phi) is 5.38. The highest BCUT2D eigenvalue weighted by Gasteiger charge is 2.35. The normalized spacial score (nSPS) is 14.0. The number of carboxylic acid groups (broad SMARTS) is 1. The summed E-state index contributed by atoms with van der Waals surface area (Å²) in [6, 6.07) is 3.83. The van der Waals surface area contributed by atoms with Crippen LogP contribution in [-0.4, -0.2) is 36.1 Å². The molecular weight excluding hydrogens is 388 g/mol. The number of alkyl halides is 1. The highest BCUT2D eigenvalue weighted by atomic mass is 35.5. The molecule has 0 spiro atoms. The van der Waals surface area contributed by atoms with Gasteiger partial charge in [0.15, 0.2) is 0 Å². The number of benzene rings is 2. The number of methoxy groups -OCH3 is 1. The van der Waals surface area contributed by atoms with Gasteiger partial charge in [0.2, 0.25) is 0 Å². The van der Waals surface area contributed by atoms with Gasteiger partial charge >= 0.3 is 23.9 Å². The Balaban J connectivity index is 2.49. The zero-order valence-corrected chi connectivity index (χ0v) is 16.0. The molecule has 8 heteroatoms. The maximum absolute atomic E-state index is 12.5. The molecular formula is C20H17ClO7. The molecule has 28 heavy (non-hydrogen) atoms. The fourth-order valence-electron chi connectivity index (χ4n) is 3.40. The van der Waals surface area contributed by atoms with Gasteiger partial charge in [-0.3, -0.25) is 0 Å².